The van der Waals surface area contributed by atoms with Crippen molar-refractivity contribution in [3.63, 3.8) is 0 Å². The maximum Gasteiger partial charge on any atom is 0.0342 e. The molecule has 1 aromatic rings. The number of anilines is 1. The fourth-order valence-electron chi connectivity index (χ4n) is 2.43. The van der Waals surface area contributed by atoms with E-state index >= 15 is 0 Å². The quantitative estimate of drug-likeness (QED) is 0.733. The van der Waals surface area contributed by atoms with Crippen LogP contribution in [0, 0.1) is 0 Å². The van der Waals surface area contributed by atoms with Crippen LogP contribution in [0.3, 0.4) is 0 Å². The number of nitrogens with one attached hydrogen (secondary N) is 2. The largest absolute Gasteiger partial charge is 0.382 e. The highest BCUT2D eigenvalue weighted by molar-refractivity contribution is 5.45. The molecule has 1 aliphatic rings. The van der Waals surface area contributed by atoms with E-state index < -0.39 is 0 Å². The topological polar surface area (TPSA) is 24.1 Å². The lowest BCUT2D eigenvalue weighted by Crippen LogP contribution is -2.15. The highest BCUT2D eigenvalue weighted by Crippen LogP contribution is 2.22. The van der Waals surface area contributed by atoms with Crippen LogP contribution in [0.25, 0.3) is 0 Å². The van der Waals surface area contributed by atoms with Crippen molar-refractivity contribution in [1.82, 2.24) is 5.32 Å². The lowest BCUT2D eigenvalue weighted by Gasteiger charge is -2.13. The Hall–Kier alpha value is -1.02. The molecule has 0 aliphatic heterocycles. The highest BCUT2D eigenvalue weighted by atomic mass is 14.9. The predicted molar refractivity (Wildman–Crippen MR) is 74.3 cm³/mol. The SMILES string of the molecule is CCCNCc1ccc(NC2CCCC2)cc1. The average Bonchev–Trinajstić information content (AvgIpc) is 2.85. The fraction of sp³-hybridized carbons (Fsp3) is 0.600. The highest BCUT2D eigenvalue weighted by Gasteiger charge is 2.13. The summed E-state index contributed by atoms with van der Waals surface area (Å²) in [6.45, 7) is 4.28. The first-order chi connectivity index (χ1) is 8.38. The first-order valence-corrected chi connectivity index (χ1v) is 6.94. The second-order valence-electron chi connectivity index (χ2n) is 5.00. The van der Waals surface area contributed by atoms with Gasteiger partial charge in [0.25, 0.3) is 0 Å². The maximum atomic E-state index is 3.61. The van der Waals surface area contributed by atoms with Crippen molar-refractivity contribution in [3.8, 4) is 0 Å². The van der Waals surface area contributed by atoms with Crippen molar-refractivity contribution < 1.29 is 0 Å². The molecule has 17 heavy (non-hydrogen) atoms. The molecule has 1 aromatic carbocycles. The molecule has 0 amide bonds. The van der Waals surface area contributed by atoms with Gasteiger partial charge in [-0.3, -0.25) is 0 Å². The van der Waals surface area contributed by atoms with E-state index in [0.29, 0.717) is 6.04 Å². The number of hydrogen-bond acceptors (Lipinski definition) is 2. The third-order valence-corrected chi connectivity index (χ3v) is 3.44. The van der Waals surface area contributed by atoms with Crippen LogP contribution in [0.15, 0.2) is 24.3 Å². The molecule has 0 aromatic heterocycles. The van der Waals surface area contributed by atoms with Crippen molar-refractivity contribution in [2.75, 3.05) is 11.9 Å². The lowest BCUT2D eigenvalue weighted by atomic mass is 10.2. The Morgan fingerprint density at radius 3 is 2.47 bits per heavy atom. The summed E-state index contributed by atoms with van der Waals surface area (Å²) in [5, 5.41) is 7.04. The molecule has 94 valence electrons. The number of rotatable bonds is 6. The van der Waals surface area contributed by atoms with Crippen LogP contribution in [0.4, 0.5) is 5.69 Å². The maximum absolute atomic E-state index is 3.61. The predicted octanol–water partition coefficient (Wildman–Crippen LogP) is 3.54. The number of hydrogen-bond donors (Lipinski definition) is 2. The molecule has 1 fully saturated rings. The molecule has 1 aliphatic carbocycles. The van der Waals surface area contributed by atoms with Gasteiger partial charge in [-0.25, -0.2) is 0 Å². The molecule has 0 spiro atoms. The molecule has 1 saturated carbocycles. The first kappa shape index (κ1) is 12.4. The summed E-state index contributed by atoms with van der Waals surface area (Å²) in [5.41, 5.74) is 2.64. The van der Waals surface area contributed by atoms with Crippen LogP contribution in [-0.2, 0) is 6.54 Å². The Morgan fingerprint density at radius 2 is 1.82 bits per heavy atom. The van der Waals surface area contributed by atoms with Crippen LogP contribution in [0.5, 0.6) is 0 Å². The third-order valence-electron chi connectivity index (χ3n) is 3.44. The smallest absolute Gasteiger partial charge is 0.0342 e. The van der Waals surface area contributed by atoms with E-state index in [1.165, 1.54) is 43.4 Å². The monoisotopic (exact) mass is 232 g/mol. The number of benzene rings is 1. The van der Waals surface area contributed by atoms with Crippen molar-refractivity contribution in [2.24, 2.45) is 0 Å². The fourth-order valence-corrected chi connectivity index (χ4v) is 2.43. The molecule has 0 heterocycles. The summed E-state index contributed by atoms with van der Waals surface area (Å²) < 4.78 is 0. The van der Waals surface area contributed by atoms with Crippen LogP contribution >= 0.6 is 0 Å². The Balaban J connectivity index is 1.80. The van der Waals surface area contributed by atoms with Gasteiger partial charge in [-0.1, -0.05) is 31.9 Å². The van der Waals surface area contributed by atoms with Crippen LogP contribution in [0.2, 0.25) is 0 Å². The Morgan fingerprint density at radius 1 is 1.12 bits per heavy atom. The second kappa shape index (κ2) is 6.65. The van der Waals surface area contributed by atoms with Gasteiger partial charge in [-0.2, -0.15) is 0 Å². The minimum Gasteiger partial charge on any atom is -0.382 e. The van der Waals surface area contributed by atoms with Gasteiger partial charge in [0.2, 0.25) is 0 Å². The van der Waals surface area contributed by atoms with Crippen LogP contribution < -0.4 is 10.6 Å². The molecule has 2 heteroatoms. The normalized spacial score (nSPS) is 16.3. The first-order valence-electron chi connectivity index (χ1n) is 6.94. The van der Waals surface area contributed by atoms with Crippen molar-refractivity contribution in [1.29, 1.82) is 0 Å². The summed E-state index contributed by atoms with van der Waals surface area (Å²) in [7, 11) is 0. The van der Waals surface area contributed by atoms with Crippen molar-refractivity contribution >= 4 is 5.69 Å². The van der Waals surface area contributed by atoms with E-state index in [0.717, 1.165) is 13.1 Å². The minimum atomic E-state index is 0.707. The van der Waals surface area contributed by atoms with Crippen LogP contribution in [-0.4, -0.2) is 12.6 Å². The molecule has 0 saturated heterocycles. The molecule has 2 rings (SSSR count). The van der Waals surface area contributed by atoms with Crippen LogP contribution in [0.1, 0.15) is 44.6 Å². The van der Waals surface area contributed by atoms with E-state index in [-0.39, 0.29) is 0 Å². The Kier molecular flexibility index (Phi) is 4.87. The van der Waals surface area contributed by atoms with E-state index in [2.05, 4.69) is 41.8 Å². The van der Waals surface area contributed by atoms with E-state index in [9.17, 15) is 0 Å². The molecule has 0 bridgehead atoms. The zero-order chi connectivity index (χ0) is 11.9. The summed E-state index contributed by atoms with van der Waals surface area (Å²) in [4.78, 5) is 0. The third kappa shape index (κ3) is 4.04. The van der Waals surface area contributed by atoms with Gasteiger partial charge in [0, 0.05) is 18.3 Å². The van der Waals surface area contributed by atoms with Gasteiger partial charge in [0.1, 0.15) is 0 Å². The summed E-state index contributed by atoms with van der Waals surface area (Å²) in [6.07, 6.45) is 6.63. The van der Waals surface area contributed by atoms with E-state index in [1.807, 2.05) is 0 Å². The van der Waals surface area contributed by atoms with Crippen molar-refractivity contribution in [3.05, 3.63) is 29.8 Å². The molecular weight excluding hydrogens is 208 g/mol. The molecule has 2 nitrogen and oxygen atoms in total. The van der Waals surface area contributed by atoms with Gasteiger partial charge in [0.05, 0.1) is 0 Å². The summed E-state index contributed by atoms with van der Waals surface area (Å²) in [5.74, 6) is 0. The zero-order valence-electron chi connectivity index (χ0n) is 10.8. The second-order valence-corrected chi connectivity index (χ2v) is 5.00. The van der Waals surface area contributed by atoms with Crippen molar-refractivity contribution in [2.45, 2.75) is 51.6 Å². The van der Waals surface area contributed by atoms with Gasteiger partial charge in [-0.15, -0.1) is 0 Å². The summed E-state index contributed by atoms with van der Waals surface area (Å²) >= 11 is 0. The molecule has 0 unspecified atom stereocenters. The summed E-state index contributed by atoms with van der Waals surface area (Å²) in [6, 6.07) is 9.57. The molecule has 0 radical (unpaired) electrons. The zero-order valence-corrected chi connectivity index (χ0v) is 10.8. The van der Waals surface area contributed by atoms with Gasteiger partial charge in [0.15, 0.2) is 0 Å². The van der Waals surface area contributed by atoms with Gasteiger partial charge in [-0.05, 0) is 43.5 Å². The Bertz CT molecular complexity index is 312. The van der Waals surface area contributed by atoms with Gasteiger partial charge >= 0.3 is 0 Å². The molecule has 2 N–H and O–H groups in total. The Labute approximate surface area is 105 Å². The van der Waals surface area contributed by atoms with Gasteiger partial charge < -0.3 is 10.6 Å². The lowest BCUT2D eigenvalue weighted by molar-refractivity contribution is 0.675. The minimum absolute atomic E-state index is 0.707. The standard InChI is InChI=1S/C15H24N2/c1-2-11-16-12-13-7-9-15(10-8-13)17-14-5-3-4-6-14/h7-10,14,16-17H,2-6,11-12H2,1H3. The van der Waals surface area contributed by atoms with E-state index in [1.54, 1.807) is 0 Å². The average molecular weight is 232 g/mol. The van der Waals surface area contributed by atoms with E-state index in [4.69, 9.17) is 0 Å². The molecule has 0 atom stereocenters. The molecular formula is C15H24N2.